The highest BCUT2D eigenvalue weighted by molar-refractivity contribution is 5.81. The number of rotatable bonds is 4. The first-order chi connectivity index (χ1) is 8.83. The highest BCUT2D eigenvalue weighted by Gasteiger charge is 2.45. The summed E-state index contributed by atoms with van der Waals surface area (Å²) in [5.74, 6) is 0. The Kier molecular flexibility index (Phi) is 2.25. The van der Waals surface area contributed by atoms with E-state index in [0.29, 0.717) is 6.54 Å². The molecule has 0 bridgehead atoms. The molecule has 4 aliphatic rings. The van der Waals surface area contributed by atoms with E-state index in [-0.39, 0.29) is 24.3 Å². The van der Waals surface area contributed by atoms with Crippen LogP contribution in [0.4, 0.5) is 4.79 Å². The van der Waals surface area contributed by atoms with E-state index in [1.807, 2.05) is 15.9 Å². The van der Waals surface area contributed by atoms with Crippen LogP contribution in [0.1, 0.15) is 6.42 Å². The molecule has 4 rings (SSSR count). The molecule has 0 aromatic heterocycles. The molecule has 0 aromatic rings. The number of hydrogen-bond donors (Lipinski definition) is 0. The molecule has 0 saturated carbocycles. The Labute approximate surface area is 106 Å². The van der Waals surface area contributed by atoms with Gasteiger partial charge in [-0.3, -0.25) is 4.90 Å². The zero-order chi connectivity index (χ0) is 12.1. The predicted molar refractivity (Wildman–Crippen MR) is 63.9 cm³/mol. The number of epoxide rings is 2. The fourth-order valence-corrected chi connectivity index (χ4v) is 2.72. The van der Waals surface area contributed by atoms with Crippen LogP contribution in [0.5, 0.6) is 0 Å². The summed E-state index contributed by atoms with van der Waals surface area (Å²) in [6, 6.07) is 0.311. The van der Waals surface area contributed by atoms with Crippen molar-refractivity contribution in [2.45, 2.75) is 24.7 Å². The van der Waals surface area contributed by atoms with Gasteiger partial charge in [0.05, 0.1) is 44.6 Å². The van der Waals surface area contributed by atoms with E-state index in [4.69, 9.17) is 9.47 Å². The molecule has 3 heterocycles. The van der Waals surface area contributed by atoms with E-state index < -0.39 is 0 Å². The Morgan fingerprint density at radius 1 is 1.22 bits per heavy atom. The Morgan fingerprint density at radius 3 is 2.67 bits per heavy atom. The van der Waals surface area contributed by atoms with Gasteiger partial charge in [0.15, 0.2) is 0 Å². The van der Waals surface area contributed by atoms with Crippen LogP contribution in [0.3, 0.4) is 0 Å². The van der Waals surface area contributed by atoms with Gasteiger partial charge in [0.25, 0.3) is 0 Å². The predicted octanol–water partition coefficient (Wildman–Crippen LogP) is 0.734. The summed E-state index contributed by atoms with van der Waals surface area (Å²) in [7, 11) is 0. The van der Waals surface area contributed by atoms with E-state index in [1.165, 1.54) is 0 Å². The third-order valence-electron chi connectivity index (χ3n) is 3.86. The molecule has 2 amide bonds. The van der Waals surface area contributed by atoms with Crippen molar-refractivity contribution in [1.29, 1.82) is 0 Å². The SMILES string of the molecule is O=C1N(CC2CO2)C2=CC=CCC2N1CC1CO1. The molecular weight excluding hydrogens is 232 g/mol. The van der Waals surface area contributed by atoms with E-state index in [1.54, 1.807) is 0 Å². The number of fused-ring (bicyclic) bond motifs is 1. The molecule has 5 nitrogen and oxygen atoms in total. The van der Waals surface area contributed by atoms with E-state index in [9.17, 15) is 4.79 Å². The summed E-state index contributed by atoms with van der Waals surface area (Å²) < 4.78 is 10.5. The first-order valence-electron chi connectivity index (χ1n) is 6.51. The average Bonchev–Trinajstić information content (AvgIpc) is 3.26. The standard InChI is InChI=1S/C13H16N2O3/c16-13-14(5-9-7-17-9)11-3-1-2-4-12(11)15(13)6-10-8-18-10/h1-3,9-10,12H,4-8H2. The average molecular weight is 248 g/mol. The number of allylic oxidation sites excluding steroid dienone is 2. The highest BCUT2D eigenvalue weighted by Crippen LogP contribution is 2.33. The third kappa shape index (κ3) is 1.74. The molecule has 3 fully saturated rings. The lowest BCUT2D eigenvalue weighted by Gasteiger charge is -2.22. The van der Waals surface area contributed by atoms with Gasteiger partial charge in [0, 0.05) is 5.70 Å². The zero-order valence-corrected chi connectivity index (χ0v) is 10.1. The molecule has 18 heavy (non-hydrogen) atoms. The minimum Gasteiger partial charge on any atom is -0.371 e. The lowest BCUT2D eigenvalue weighted by atomic mass is 10.0. The zero-order valence-electron chi connectivity index (χ0n) is 10.1. The molecule has 0 aromatic carbocycles. The van der Waals surface area contributed by atoms with Gasteiger partial charge in [-0.15, -0.1) is 0 Å². The van der Waals surface area contributed by atoms with Crippen molar-refractivity contribution in [3.8, 4) is 0 Å². The minimum absolute atomic E-state index is 0.112. The third-order valence-corrected chi connectivity index (χ3v) is 3.86. The second-order valence-corrected chi connectivity index (χ2v) is 5.23. The van der Waals surface area contributed by atoms with Gasteiger partial charge in [-0.25, -0.2) is 4.79 Å². The molecule has 3 atom stereocenters. The van der Waals surface area contributed by atoms with Gasteiger partial charge in [-0.1, -0.05) is 12.2 Å². The molecule has 1 aliphatic carbocycles. The first kappa shape index (κ1) is 10.6. The number of urea groups is 1. The summed E-state index contributed by atoms with van der Waals surface area (Å²) in [5, 5.41) is 0. The molecular formula is C13H16N2O3. The molecule has 5 heteroatoms. The molecule has 0 spiro atoms. The van der Waals surface area contributed by atoms with Crippen molar-refractivity contribution in [2.24, 2.45) is 0 Å². The Bertz CT molecular complexity index is 438. The minimum atomic E-state index is 0.112. The molecule has 3 aliphatic heterocycles. The molecule has 96 valence electrons. The second-order valence-electron chi connectivity index (χ2n) is 5.23. The maximum Gasteiger partial charge on any atom is 0.325 e. The van der Waals surface area contributed by atoms with Crippen LogP contribution >= 0.6 is 0 Å². The Morgan fingerprint density at radius 2 is 1.94 bits per heavy atom. The fraction of sp³-hybridized carbons (Fsp3) is 0.615. The van der Waals surface area contributed by atoms with E-state index in [0.717, 1.165) is 31.9 Å². The van der Waals surface area contributed by atoms with Crippen LogP contribution in [0.25, 0.3) is 0 Å². The topological polar surface area (TPSA) is 48.6 Å². The lowest BCUT2D eigenvalue weighted by Crippen LogP contribution is -2.38. The molecule has 3 saturated heterocycles. The normalized spacial score (nSPS) is 36.8. The number of nitrogens with zero attached hydrogens (tertiary/aromatic N) is 2. The van der Waals surface area contributed by atoms with Gasteiger partial charge >= 0.3 is 6.03 Å². The van der Waals surface area contributed by atoms with Gasteiger partial charge in [-0.2, -0.15) is 0 Å². The number of carbonyl (C=O) groups is 1. The summed E-state index contributed by atoms with van der Waals surface area (Å²) in [6.45, 7) is 2.98. The molecule has 0 N–H and O–H groups in total. The lowest BCUT2D eigenvalue weighted by molar-refractivity contribution is 0.179. The van der Waals surface area contributed by atoms with Gasteiger partial charge < -0.3 is 14.4 Å². The quantitative estimate of drug-likeness (QED) is 0.689. The summed E-state index contributed by atoms with van der Waals surface area (Å²) in [4.78, 5) is 16.3. The van der Waals surface area contributed by atoms with E-state index in [2.05, 4.69) is 12.2 Å². The maximum atomic E-state index is 12.5. The van der Waals surface area contributed by atoms with Crippen molar-refractivity contribution >= 4 is 6.03 Å². The van der Waals surface area contributed by atoms with Crippen LogP contribution in [-0.2, 0) is 9.47 Å². The molecule has 0 radical (unpaired) electrons. The van der Waals surface area contributed by atoms with Crippen LogP contribution in [-0.4, -0.2) is 60.4 Å². The highest BCUT2D eigenvalue weighted by atomic mass is 16.6. The van der Waals surface area contributed by atoms with Crippen molar-refractivity contribution in [2.75, 3.05) is 26.3 Å². The van der Waals surface area contributed by atoms with Gasteiger partial charge in [0.1, 0.15) is 0 Å². The smallest absolute Gasteiger partial charge is 0.325 e. The van der Waals surface area contributed by atoms with Crippen LogP contribution in [0.2, 0.25) is 0 Å². The van der Waals surface area contributed by atoms with Crippen molar-refractivity contribution in [1.82, 2.24) is 9.80 Å². The Balaban J connectivity index is 1.58. The monoisotopic (exact) mass is 248 g/mol. The van der Waals surface area contributed by atoms with Crippen molar-refractivity contribution in [3.63, 3.8) is 0 Å². The number of amides is 2. The Hall–Kier alpha value is -1.33. The van der Waals surface area contributed by atoms with Gasteiger partial charge in [0.2, 0.25) is 0 Å². The van der Waals surface area contributed by atoms with E-state index >= 15 is 0 Å². The second kappa shape index (κ2) is 3.83. The number of hydrogen-bond acceptors (Lipinski definition) is 3. The molecule has 3 unspecified atom stereocenters. The fourth-order valence-electron chi connectivity index (χ4n) is 2.72. The number of ether oxygens (including phenoxy) is 2. The maximum absolute atomic E-state index is 12.5. The largest absolute Gasteiger partial charge is 0.371 e. The van der Waals surface area contributed by atoms with Crippen LogP contribution < -0.4 is 0 Å². The summed E-state index contributed by atoms with van der Waals surface area (Å²) in [6.07, 6.45) is 7.61. The van der Waals surface area contributed by atoms with Crippen molar-refractivity contribution in [3.05, 3.63) is 23.9 Å². The first-order valence-corrected chi connectivity index (χ1v) is 6.51. The summed E-state index contributed by atoms with van der Waals surface area (Å²) in [5.41, 5.74) is 1.12. The van der Waals surface area contributed by atoms with Gasteiger partial charge in [-0.05, 0) is 12.5 Å². The van der Waals surface area contributed by atoms with Crippen LogP contribution in [0, 0.1) is 0 Å². The van der Waals surface area contributed by atoms with Crippen molar-refractivity contribution < 1.29 is 14.3 Å². The van der Waals surface area contributed by atoms with Crippen LogP contribution in [0.15, 0.2) is 23.9 Å². The summed E-state index contributed by atoms with van der Waals surface area (Å²) >= 11 is 0. The number of carbonyl (C=O) groups excluding carboxylic acids is 1.